The first-order valence-corrected chi connectivity index (χ1v) is 7.91. The quantitative estimate of drug-likeness (QED) is 0.615. The van der Waals surface area contributed by atoms with Gasteiger partial charge in [0, 0.05) is 5.56 Å². The fourth-order valence-corrected chi connectivity index (χ4v) is 2.22. The van der Waals surface area contributed by atoms with Crippen LogP contribution < -0.4 is 4.74 Å². The minimum absolute atomic E-state index is 0.183. The minimum atomic E-state index is 0.183. The van der Waals surface area contributed by atoms with E-state index in [4.69, 9.17) is 4.74 Å². The molecule has 1 unspecified atom stereocenters. The molecule has 0 saturated carbocycles. The first-order valence-electron chi connectivity index (χ1n) is 7.91. The van der Waals surface area contributed by atoms with Crippen LogP contribution >= 0.6 is 0 Å². The first-order chi connectivity index (χ1) is 10.1. The summed E-state index contributed by atoms with van der Waals surface area (Å²) in [7, 11) is 0. The molecule has 0 bridgehead atoms. The summed E-state index contributed by atoms with van der Waals surface area (Å²) >= 11 is 0. The Morgan fingerprint density at radius 1 is 1.14 bits per heavy atom. The number of hydrogen-bond donors (Lipinski definition) is 0. The normalized spacial score (nSPS) is 16.8. The summed E-state index contributed by atoms with van der Waals surface area (Å²) in [5.74, 6) is 1.49. The van der Waals surface area contributed by atoms with E-state index in [2.05, 4.69) is 57.2 Å². The van der Waals surface area contributed by atoms with Crippen molar-refractivity contribution in [1.29, 1.82) is 0 Å². The van der Waals surface area contributed by atoms with Crippen LogP contribution in [0.1, 0.15) is 51.3 Å². The molecule has 0 radical (unpaired) electrons. The Balaban J connectivity index is 0.00000106. The molecule has 1 atom stereocenters. The van der Waals surface area contributed by atoms with Gasteiger partial charge >= 0.3 is 0 Å². The van der Waals surface area contributed by atoms with E-state index in [0.717, 1.165) is 5.75 Å². The Hall–Kier alpha value is -1.76. The maximum atomic E-state index is 6.06. The molecule has 0 spiro atoms. The number of benzene rings is 1. The van der Waals surface area contributed by atoms with Crippen molar-refractivity contribution in [2.24, 2.45) is 5.92 Å². The lowest BCUT2D eigenvalue weighted by atomic mass is 9.96. The van der Waals surface area contributed by atoms with Crippen molar-refractivity contribution in [2.75, 3.05) is 0 Å². The predicted octanol–water partition coefficient (Wildman–Crippen LogP) is 6.04. The van der Waals surface area contributed by atoms with Gasteiger partial charge < -0.3 is 4.74 Å². The molecule has 21 heavy (non-hydrogen) atoms. The standard InChI is InChI=1S/C18H22O.C2H6/c1-5-6-7-8-15-14(4)9-11-18-16(15)10-12-17(19-18)13(2)3;1-2/h5-13,17H,1-4H3;1-2H3/b6-5-,8-7-;. The van der Waals surface area contributed by atoms with Gasteiger partial charge in [-0.15, -0.1) is 0 Å². The van der Waals surface area contributed by atoms with Gasteiger partial charge in [0.1, 0.15) is 11.9 Å². The summed E-state index contributed by atoms with van der Waals surface area (Å²) < 4.78 is 6.06. The van der Waals surface area contributed by atoms with Gasteiger partial charge in [-0.25, -0.2) is 0 Å². The van der Waals surface area contributed by atoms with Gasteiger partial charge in [-0.2, -0.15) is 0 Å². The highest BCUT2D eigenvalue weighted by molar-refractivity contribution is 5.74. The lowest BCUT2D eigenvalue weighted by Gasteiger charge is -2.25. The third-order valence-electron chi connectivity index (χ3n) is 3.40. The van der Waals surface area contributed by atoms with Crippen molar-refractivity contribution in [3.63, 3.8) is 0 Å². The topological polar surface area (TPSA) is 9.23 Å². The van der Waals surface area contributed by atoms with Gasteiger partial charge in [-0.3, -0.25) is 0 Å². The summed E-state index contributed by atoms with van der Waals surface area (Å²) in [4.78, 5) is 0. The molecule has 1 aliphatic rings. The Morgan fingerprint density at radius 3 is 2.48 bits per heavy atom. The molecule has 0 aliphatic carbocycles. The van der Waals surface area contributed by atoms with E-state index >= 15 is 0 Å². The molecule has 1 heterocycles. The average molecular weight is 284 g/mol. The predicted molar refractivity (Wildman–Crippen MR) is 94.7 cm³/mol. The zero-order valence-corrected chi connectivity index (χ0v) is 14.2. The molecule has 0 saturated heterocycles. The van der Waals surface area contributed by atoms with E-state index in [1.165, 1.54) is 16.7 Å². The molecule has 1 nitrogen and oxygen atoms in total. The molecular formula is C20H28O. The second-order valence-corrected chi connectivity index (χ2v) is 5.28. The highest BCUT2D eigenvalue weighted by atomic mass is 16.5. The Morgan fingerprint density at radius 2 is 1.86 bits per heavy atom. The van der Waals surface area contributed by atoms with Crippen molar-refractivity contribution in [2.45, 2.75) is 47.6 Å². The van der Waals surface area contributed by atoms with E-state index in [1.54, 1.807) is 0 Å². The van der Waals surface area contributed by atoms with E-state index < -0.39 is 0 Å². The second kappa shape index (κ2) is 8.51. The highest BCUT2D eigenvalue weighted by Crippen LogP contribution is 2.33. The molecular weight excluding hydrogens is 256 g/mol. The monoisotopic (exact) mass is 284 g/mol. The summed E-state index contributed by atoms with van der Waals surface area (Å²) in [6.45, 7) is 12.5. The molecule has 1 aromatic carbocycles. The fraction of sp³-hybridized carbons (Fsp3) is 0.400. The van der Waals surface area contributed by atoms with Gasteiger partial charge in [0.2, 0.25) is 0 Å². The molecule has 114 valence electrons. The van der Waals surface area contributed by atoms with Gasteiger partial charge in [0.05, 0.1) is 0 Å². The van der Waals surface area contributed by atoms with Crippen LogP contribution in [0.2, 0.25) is 0 Å². The smallest absolute Gasteiger partial charge is 0.128 e. The maximum Gasteiger partial charge on any atom is 0.128 e. The third-order valence-corrected chi connectivity index (χ3v) is 3.40. The molecule has 0 amide bonds. The minimum Gasteiger partial charge on any atom is -0.485 e. The number of fused-ring (bicyclic) bond motifs is 1. The average Bonchev–Trinajstić information content (AvgIpc) is 2.51. The molecule has 2 rings (SSSR count). The zero-order valence-electron chi connectivity index (χ0n) is 14.2. The van der Waals surface area contributed by atoms with Crippen molar-refractivity contribution in [1.82, 2.24) is 0 Å². The van der Waals surface area contributed by atoms with Gasteiger partial charge in [-0.05, 0) is 43.0 Å². The molecule has 0 aromatic heterocycles. The Labute approximate surface area is 130 Å². The third kappa shape index (κ3) is 4.35. The number of aryl methyl sites for hydroxylation is 1. The van der Waals surface area contributed by atoms with Crippen LogP contribution in [0.15, 0.2) is 36.4 Å². The second-order valence-electron chi connectivity index (χ2n) is 5.28. The van der Waals surface area contributed by atoms with Crippen molar-refractivity contribution >= 4 is 12.2 Å². The maximum absolute atomic E-state index is 6.06. The number of hydrogen-bond acceptors (Lipinski definition) is 1. The van der Waals surface area contributed by atoms with Crippen molar-refractivity contribution < 1.29 is 4.74 Å². The molecule has 1 heteroatoms. The Bertz CT molecular complexity index is 533. The summed E-state index contributed by atoms with van der Waals surface area (Å²) in [5, 5.41) is 0. The first kappa shape index (κ1) is 17.3. The van der Waals surface area contributed by atoms with Gasteiger partial charge in [-0.1, -0.05) is 64.1 Å². The molecule has 1 aromatic rings. The van der Waals surface area contributed by atoms with E-state index in [1.807, 2.05) is 32.9 Å². The molecule has 0 fully saturated rings. The van der Waals surface area contributed by atoms with Crippen LogP contribution in [0.3, 0.4) is 0 Å². The van der Waals surface area contributed by atoms with Crippen LogP contribution in [0, 0.1) is 12.8 Å². The van der Waals surface area contributed by atoms with Crippen molar-refractivity contribution in [3.8, 4) is 5.75 Å². The summed E-state index contributed by atoms with van der Waals surface area (Å²) in [5.41, 5.74) is 3.71. The van der Waals surface area contributed by atoms with Gasteiger partial charge in [0.25, 0.3) is 0 Å². The van der Waals surface area contributed by atoms with Crippen LogP contribution in [0.5, 0.6) is 5.75 Å². The van der Waals surface area contributed by atoms with Crippen molar-refractivity contribution in [3.05, 3.63) is 53.1 Å². The summed E-state index contributed by atoms with van der Waals surface area (Å²) in [6.07, 6.45) is 12.8. The number of rotatable bonds is 3. The van der Waals surface area contributed by atoms with Crippen LogP contribution in [-0.2, 0) is 0 Å². The molecule has 1 aliphatic heterocycles. The molecule has 0 N–H and O–H groups in total. The highest BCUT2D eigenvalue weighted by Gasteiger charge is 2.19. The van der Waals surface area contributed by atoms with E-state index in [9.17, 15) is 0 Å². The summed E-state index contributed by atoms with van der Waals surface area (Å²) in [6, 6.07) is 4.21. The van der Waals surface area contributed by atoms with Crippen LogP contribution in [0.4, 0.5) is 0 Å². The number of allylic oxidation sites excluding steroid dienone is 3. The van der Waals surface area contributed by atoms with E-state index in [-0.39, 0.29) is 6.10 Å². The Kier molecular flexibility index (Phi) is 7.01. The van der Waals surface area contributed by atoms with E-state index in [0.29, 0.717) is 5.92 Å². The SMILES string of the molecule is C/C=C\C=C/c1c(C)ccc2c1C=CC(C(C)C)O2.CC. The fourth-order valence-electron chi connectivity index (χ4n) is 2.22. The zero-order chi connectivity index (χ0) is 15.8. The van der Waals surface area contributed by atoms with Crippen LogP contribution in [0.25, 0.3) is 12.2 Å². The van der Waals surface area contributed by atoms with Crippen LogP contribution in [-0.4, -0.2) is 6.10 Å². The largest absolute Gasteiger partial charge is 0.485 e. The number of ether oxygens (including phenoxy) is 1. The lowest BCUT2D eigenvalue weighted by molar-refractivity contribution is 0.194. The van der Waals surface area contributed by atoms with Gasteiger partial charge in [0.15, 0.2) is 0 Å². The lowest BCUT2D eigenvalue weighted by Crippen LogP contribution is -2.23.